The highest BCUT2D eigenvalue weighted by Crippen LogP contribution is 2.24. The van der Waals surface area contributed by atoms with Crippen LogP contribution in [0.5, 0.6) is 0 Å². The number of morpholine rings is 1. The van der Waals surface area contributed by atoms with Crippen LogP contribution in [0.1, 0.15) is 15.9 Å². The van der Waals surface area contributed by atoms with E-state index in [1.165, 1.54) is 6.20 Å². The molecule has 134 valence electrons. The fourth-order valence-corrected chi connectivity index (χ4v) is 3.39. The third-order valence-corrected chi connectivity index (χ3v) is 4.70. The van der Waals surface area contributed by atoms with Crippen LogP contribution < -0.4 is 0 Å². The predicted molar refractivity (Wildman–Crippen MR) is 94.8 cm³/mol. The molecule has 0 aliphatic carbocycles. The Morgan fingerprint density at radius 3 is 2.92 bits per heavy atom. The second-order valence-electron chi connectivity index (χ2n) is 6.52. The van der Waals surface area contributed by atoms with Crippen LogP contribution in [-0.4, -0.2) is 62.4 Å². The zero-order valence-corrected chi connectivity index (χ0v) is 14.3. The summed E-state index contributed by atoms with van der Waals surface area (Å²) in [5.41, 5.74) is 1.25. The molecule has 1 aliphatic heterocycles. The molecule has 0 spiro atoms. The lowest BCUT2D eigenvalue weighted by molar-refractivity contribution is -0.123. The van der Waals surface area contributed by atoms with Crippen molar-refractivity contribution in [2.24, 2.45) is 0 Å². The molecule has 7 nitrogen and oxygen atoms in total. The minimum Gasteiger partial charge on any atom is -0.393 e. The number of aromatic nitrogens is 3. The van der Waals surface area contributed by atoms with Crippen molar-refractivity contribution in [2.45, 2.75) is 12.0 Å². The molecule has 0 saturated carbocycles. The Kier molecular flexibility index (Phi) is 4.40. The van der Waals surface area contributed by atoms with E-state index >= 15 is 0 Å². The van der Waals surface area contributed by atoms with Gasteiger partial charge in [0.2, 0.25) is 0 Å². The number of ether oxygens (including phenoxy) is 1. The molecule has 3 heterocycles. The van der Waals surface area contributed by atoms with Crippen LogP contribution in [0.3, 0.4) is 0 Å². The topological polar surface area (TPSA) is 80.0 Å². The maximum Gasteiger partial charge on any atom is 0.259 e. The van der Waals surface area contributed by atoms with E-state index in [4.69, 9.17) is 4.74 Å². The van der Waals surface area contributed by atoms with Crippen molar-refractivity contribution < 1.29 is 14.6 Å². The molecule has 1 amide bonds. The first-order valence-corrected chi connectivity index (χ1v) is 8.57. The fraction of sp³-hybridized carbons (Fsp3) is 0.316. The monoisotopic (exact) mass is 352 g/mol. The third kappa shape index (κ3) is 3.07. The number of carbonyl (C=O) groups excluding carboxylic acids is 1. The maximum absolute atomic E-state index is 13.0. The van der Waals surface area contributed by atoms with E-state index in [-0.39, 0.29) is 12.5 Å². The number of nitrogens with zero attached hydrogens (tertiary/aromatic N) is 4. The second kappa shape index (κ2) is 6.86. The van der Waals surface area contributed by atoms with Crippen molar-refractivity contribution >= 4 is 11.6 Å². The van der Waals surface area contributed by atoms with Gasteiger partial charge < -0.3 is 14.7 Å². The van der Waals surface area contributed by atoms with E-state index in [0.29, 0.717) is 37.3 Å². The van der Waals surface area contributed by atoms with Gasteiger partial charge in [-0.05, 0) is 11.6 Å². The van der Waals surface area contributed by atoms with Crippen LogP contribution in [-0.2, 0) is 11.2 Å². The number of hydrogen-bond acceptors (Lipinski definition) is 5. The van der Waals surface area contributed by atoms with E-state index < -0.39 is 5.60 Å². The van der Waals surface area contributed by atoms with Crippen LogP contribution >= 0.6 is 0 Å². The minimum absolute atomic E-state index is 0.145. The van der Waals surface area contributed by atoms with Crippen molar-refractivity contribution in [1.82, 2.24) is 19.5 Å². The van der Waals surface area contributed by atoms with Gasteiger partial charge in [0.25, 0.3) is 5.91 Å². The first-order valence-electron chi connectivity index (χ1n) is 8.57. The quantitative estimate of drug-likeness (QED) is 0.763. The number of benzene rings is 1. The lowest BCUT2D eigenvalue weighted by Gasteiger charge is -2.41. The number of aliphatic hydroxyl groups is 1. The van der Waals surface area contributed by atoms with Gasteiger partial charge in [0.1, 0.15) is 11.2 Å². The van der Waals surface area contributed by atoms with Crippen molar-refractivity contribution in [2.75, 3.05) is 26.3 Å². The number of aliphatic hydroxyl groups excluding tert-OH is 1. The molecule has 1 fully saturated rings. The molecule has 0 radical (unpaired) electrons. The zero-order valence-electron chi connectivity index (χ0n) is 14.3. The summed E-state index contributed by atoms with van der Waals surface area (Å²) < 4.78 is 7.50. The lowest BCUT2D eigenvalue weighted by Crippen LogP contribution is -2.56. The van der Waals surface area contributed by atoms with Crippen molar-refractivity contribution in [3.05, 3.63) is 66.1 Å². The van der Waals surface area contributed by atoms with Crippen molar-refractivity contribution in [3.8, 4) is 0 Å². The van der Waals surface area contributed by atoms with Crippen LogP contribution in [0.25, 0.3) is 5.65 Å². The highest BCUT2D eigenvalue weighted by atomic mass is 16.5. The Hall–Kier alpha value is -2.77. The lowest BCUT2D eigenvalue weighted by atomic mass is 9.93. The summed E-state index contributed by atoms with van der Waals surface area (Å²) in [5, 5.41) is 14.2. The molecule has 2 aromatic heterocycles. The fourth-order valence-electron chi connectivity index (χ4n) is 3.39. The summed E-state index contributed by atoms with van der Waals surface area (Å²) in [6, 6.07) is 11.6. The molecule has 1 unspecified atom stereocenters. The zero-order chi connectivity index (χ0) is 18.0. The predicted octanol–water partition coefficient (Wildman–Crippen LogP) is 1.18. The number of fused-ring (bicyclic) bond motifs is 1. The summed E-state index contributed by atoms with van der Waals surface area (Å²) in [4.78, 5) is 19.0. The first kappa shape index (κ1) is 16.7. The Labute approximate surface area is 150 Å². The molecular formula is C19H20N4O3. The normalized spacial score (nSPS) is 20.4. The molecule has 26 heavy (non-hydrogen) atoms. The Bertz CT molecular complexity index is 911. The summed E-state index contributed by atoms with van der Waals surface area (Å²) >= 11 is 0. The van der Waals surface area contributed by atoms with Gasteiger partial charge in [-0.15, -0.1) is 0 Å². The van der Waals surface area contributed by atoms with E-state index in [1.54, 1.807) is 27.9 Å². The van der Waals surface area contributed by atoms with E-state index in [0.717, 1.165) is 5.56 Å². The summed E-state index contributed by atoms with van der Waals surface area (Å²) in [5.74, 6) is -0.145. The minimum atomic E-state index is -0.800. The molecule has 1 aromatic carbocycles. The van der Waals surface area contributed by atoms with Crippen LogP contribution in [0.4, 0.5) is 0 Å². The van der Waals surface area contributed by atoms with Gasteiger partial charge in [-0.1, -0.05) is 30.3 Å². The van der Waals surface area contributed by atoms with Crippen LogP contribution in [0.2, 0.25) is 0 Å². The molecule has 4 rings (SSSR count). The average Bonchev–Trinajstić information content (AvgIpc) is 3.12. The van der Waals surface area contributed by atoms with E-state index in [1.807, 2.05) is 30.3 Å². The summed E-state index contributed by atoms with van der Waals surface area (Å²) in [6.07, 6.45) is 5.48. The molecular weight excluding hydrogens is 332 g/mol. The Morgan fingerprint density at radius 2 is 2.12 bits per heavy atom. The number of hydrogen-bond donors (Lipinski definition) is 1. The largest absolute Gasteiger partial charge is 0.393 e. The Balaban J connectivity index is 1.58. The van der Waals surface area contributed by atoms with E-state index in [2.05, 4.69) is 10.1 Å². The number of amides is 1. The molecule has 0 bridgehead atoms. The van der Waals surface area contributed by atoms with E-state index in [9.17, 15) is 9.90 Å². The highest BCUT2D eigenvalue weighted by molar-refractivity contribution is 5.99. The number of rotatable bonds is 4. The molecule has 1 N–H and O–H groups in total. The number of carbonyl (C=O) groups is 1. The van der Waals surface area contributed by atoms with Crippen LogP contribution in [0.15, 0.2) is 55.0 Å². The van der Waals surface area contributed by atoms with Gasteiger partial charge >= 0.3 is 0 Å². The van der Waals surface area contributed by atoms with Gasteiger partial charge in [-0.3, -0.25) is 4.79 Å². The second-order valence-corrected chi connectivity index (χ2v) is 6.52. The van der Waals surface area contributed by atoms with Gasteiger partial charge in [-0.2, -0.15) is 5.10 Å². The first-order chi connectivity index (χ1) is 12.7. The molecule has 3 aromatic rings. The highest BCUT2D eigenvalue weighted by Gasteiger charge is 2.39. The average molecular weight is 352 g/mol. The van der Waals surface area contributed by atoms with Gasteiger partial charge in [-0.25, -0.2) is 9.50 Å². The van der Waals surface area contributed by atoms with Gasteiger partial charge in [0.05, 0.1) is 26.0 Å². The summed E-state index contributed by atoms with van der Waals surface area (Å²) in [6.45, 7) is 1.02. The molecule has 1 atom stereocenters. The summed E-state index contributed by atoms with van der Waals surface area (Å²) in [7, 11) is 0. The SMILES string of the molecule is O=C(c1cnn2cccnc12)N1CCOC(CO)(Cc2ccccc2)C1. The molecule has 1 saturated heterocycles. The molecule has 7 heteroatoms. The van der Waals surface area contributed by atoms with Gasteiger partial charge in [0, 0.05) is 25.4 Å². The smallest absolute Gasteiger partial charge is 0.259 e. The maximum atomic E-state index is 13.0. The standard InChI is InChI=1S/C19H20N4O3/c24-14-19(11-15-5-2-1-3-6-15)13-22(9-10-26-19)18(25)16-12-21-23-8-4-7-20-17(16)23/h1-8,12,24H,9-11,13-14H2. The van der Waals surface area contributed by atoms with Gasteiger partial charge in [0.15, 0.2) is 5.65 Å². The third-order valence-electron chi connectivity index (χ3n) is 4.70. The van der Waals surface area contributed by atoms with Crippen LogP contribution in [0, 0.1) is 0 Å². The molecule has 1 aliphatic rings. The van der Waals surface area contributed by atoms with Crippen molar-refractivity contribution in [3.63, 3.8) is 0 Å². The van der Waals surface area contributed by atoms with Crippen molar-refractivity contribution in [1.29, 1.82) is 0 Å². The Morgan fingerprint density at radius 1 is 1.27 bits per heavy atom.